The average molecular weight is 420 g/mol. The van der Waals surface area contributed by atoms with Crippen LogP contribution in [0.25, 0.3) is 11.4 Å². The molecule has 6 heteroatoms. The van der Waals surface area contributed by atoms with E-state index in [0.29, 0.717) is 11.4 Å². The van der Waals surface area contributed by atoms with Gasteiger partial charge in [0.15, 0.2) is 0 Å². The zero-order valence-electron chi connectivity index (χ0n) is 17.1. The van der Waals surface area contributed by atoms with Crippen LogP contribution in [-0.4, -0.2) is 30.8 Å². The van der Waals surface area contributed by atoms with Crippen molar-refractivity contribution in [2.75, 3.05) is 0 Å². The summed E-state index contributed by atoms with van der Waals surface area (Å²) in [6.45, 7) is 0. The Bertz CT molecular complexity index is 1250. The number of aromatic amines is 1. The molecule has 156 valence electrons. The molecule has 0 bridgehead atoms. The van der Waals surface area contributed by atoms with Gasteiger partial charge in [-0.3, -0.25) is 5.10 Å². The van der Waals surface area contributed by atoms with Crippen LogP contribution in [0.2, 0.25) is 0 Å². The second-order valence-corrected chi connectivity index (χ2v) is 7.45. The Morgan fingerprint density at radius 1 is 0.781 bits per heavy atom. The fourth-order valence-electron chi connectivity index (χ4n) is 4.19. The SMILES string of the molecule is O=C(O)c1cc(-c2cn(C(c3ccccc3)(c3ccccc3)c3ccccc3)cn2)n[nH]1. The third-order valence-electron chi connectivity index (χ3n) is 5.62. The number of aromatic carboxylic acids is 1. The molecule has 0 amide bonds. The number of hydrogen-bond acceptors (Lipinski definition) is 3. The van der Waals surface area contributed by atoms with Crippen molar-refractivity contribution < 1.29 is 9.90 Å². The molecule has 32 heavy (non-hydrogen) atoms. The van der Waals surface area contributed by atoms with Crippen LogP contribution in [0.4, 0.5) is 0 Å². The molecule has 0 aliphatic heterocycles. The molecule has 0 unspecified atom stereocenters. The zero-order valence-corrected chi connectivity index (χ0v) is 17.1. The topological polar surface area (TPSA) is 83.8 Å². The fraction of sp³-hybridized carbons (Fsp3) is 0.0385. The lowest BCUT2D eigenvalue weighted by molar-refractivity contribution is 0.0690. The molecule has 6 nitrogen and oxygen atoms in total. The zero-order chi connectivity index (χ0) is 22.0. The summed E-state index contributed by atoms with van der Waals surface area (Å²) in [5.41, 5.74) is 3.64. The van der Waals surface area contributed by atoms with Crippen molar-refractivity contribution in [3.8, 4) is 11.4 Å². The van der Waals surface area contributed by atoms with Crippen molar-refractivity contribution in [2.24, 2.45) is 0 Å². The first-order valence-electron chi connectivity index (χ1n) is 10.2. The van der Waals surface area contributed by atoms with E-state index in [1.807, 2.05) is 60.8 Å². The number of H-pyrrole nitrogens is 1. The van der Waals surface area contributed by atoms with Crippen molar-refractivity contribution >= 4 is 5.97 Å². The Balaban J connectivity index is 1.77. The lowest BCUT2D eigenvalue weighted by Crippen LogP contribution is -2.36. The molecular weight excluding hydrogens is 400 g/mol. The van der Waals surface area contributed by atoms with Crippen LogP contribution in [0.5, 0.6) is 0 Å². The van der Waals surface area contributed by atoms with E-state index < -0.39 is 11.5 Å². The Labute approximate surface area is 184 Å². The Hall–Kier alpha value is -4.45. The van der Waals surface area contributed by atoms with Gasteiger partial charge in [0.1, 0.15) is 22.6 Å². The van der Waals surface area contributed by atoms with Gasteiger partial charge in [0.05, 0.1) is 6.33 Å². The summed E-state index contributed by atoms with van der Waals surface area (Å²) < 4.78 is 2.07. The van der Waals surface area contributed by atoms with Gasteiger partial charge in [0, 0.05) is 12.3 Å². The Morgan fingerprint density at radius 2 is 1.28 bits per heavy atom. The van der Waals surface area contributed by atoms with Crippen LogP contribution in [0.3, 0.4) is 0 Å². The quantitative estimate of drug-likeness (QED) is 0.386. The number of carbonyl (C=O) groups is 1. The summed E-state index contributed by atoms with van der Waals surface area (Å²) in [4.78, 5) is 15.9. The number of aromatic nitrogens is 4. The van der Waals surface area contributed by atoms with Crippen molar-refractivity contribution in [1.29, 1.82) is 0 Å². The number of benzene rings is 3. The van der Waals surface area contributed by atoms with Gasteiger partial charge in [-0.25, -0.2) is 9.78 Å². The van der Waals surface area contributed by atoms with Crippen LogP contribution >= 0.6 is 0 Å². The molecule has 0 aliphatic rings. The molecule has 0 atom stereocenters. The number of rotatable bonds is 6. The second-order valence-electron chi connectivity index (χ2n) is 7.45. The van der Waals surface area contributed by atoms with Gasteiger partial charge in [-0.1, -0.05) is 91.0 Å². The van der Waals surface area contributed by atoms with Gasteiger partial charge in [-0.05, 0) is 16.7 Å². The highest BCUT2D eigenvalue weighted by molar-refractivity contribution is 5.86. The maximum absolute atomic E-state index is 11.3. The van der Waals surface area contributed by atoms with Crippen LogP contribution < -0.4 is 0 Å². The lowest BCUT2D eigenvalue weighted by atomic mass is 9.77. The highest BCUT2D eigenvalue weighted by atomic mass is 16.4. The maximum atomic E-state index is 11.3. The smallest absolute Gasteiger partial charge is 0.353 e. The summed E-state index contributed by atoms with van der Waals surface area (Å²) in [7, 11) is 0. The predicted molar refractivity (Wildman–Crippen MR) is 121 cm³/mol. The molecule has 0 radical (unpaired) electrons. The number of imidazole rings is 1. The maximum Gasteiger partial charge on any atom is 0.353 e. The lowest BCUT2D eigenvalue weighted by Gasteiger charge is -2.37. The van der Waals surface area contributed by atoms with Gasteiger partial charge in [-0.2, -0.15) is 5.10 Å². The first-order valence-corrected chi connectivity index (χ1v) is 10.2. The summed E-state index contributed by atoms with van der Waals surface area (Å²) in [5, 5.41) is 15.9. The molecule has 2 heterocycles. The summed E-state index contributed by atoms with van der Waals surface area (Å²) >= 11 is 0. The monoisotopic (exact) mass is 420 g/mol. The summed E-state index contributed by atoms with van der Waals surface area (Å²) in [5.74, 6) is -1.06. The van der Waals surface area contributed by atoms with Gasteiger partial charge < -0.3 is 9.67 Å². The molecule has 2 N–H and O–H groups in total. The normalized spacial score (nSPS) is 11.4. The molecule has 5 aromatic rings. The van der Waals surface area contributed by atoms with E-state index in [0.717, 1.165) is 16.7 Å². The number of hydrogen-bond donors (Lipinski definition) is 2. The van der Waals surface area contributed by atoms with Crippen LogP contribution in [0.1, 0.15) is 27.2 Å². The Kier molecular flexibility index (Phi) is 4.88. The number of nitrogens with zero attached hydrogens (tertiary/aromatic N) is 3. The number of carboxylic acids is 1. The van der Waals surface area contributed by atoms with Crippen LogP contribution in [0.15, 0.2) is 110 Å². The first-order chi connectivity index (χ1) is 15.7. The molecule has 3 aromatic carbocycles. The molecule has 0 saturated heterocycles. The number of carboxylic acid groups (broad SMARTS) is 1. The van der Waals surface area contributed by atoms with E-state index in [1.54, 1.807) is 6.33 Å². The molecule has 0 saturated carbocycles. The van der Waals surface area contributed by atoms with E-state index in [2.05, 4.69) is 56.1 Å². The van der Waals surface area contributed by atoms with Crippen LogP contribution in [-0.2, 0) is 5.54 Å². The molecule has 2 aromatic heterocycles. The van der Waals surface area contributed by atoms with E-state index in [1.165, 1.54) is 6.07 Å². The minimum Gasteiger partial charge on any atom is -0.477 e. The third-order valence-corrected chi connectivity index (χ3v) is 5.62. The highest BCUT2D eigenvalue weighted by Crippen LogP contribution is 2.41. The van der Waals surface area contributed by atoms with E-state index in [9.17, 15) is 9.90 Å². The van der Waals surface area contributed by atoms with Crippen molar-refractivity contribution in [3.05, 3.63) is 132 Å². The standard InChI is InChI=1S/C26H20N4O2/c31-25(32)23-16-22(28-29-23)24-17-30(18-27-24)26(19-10-4-1-5-11-19,20-12-6-2-7-13-20)21-14-8-3-9-15-21/h1-18H,(H,28,29)(H,31,32). The minimum atomic E-state index is -1.06. The highest BCUT2D eigenvalue weighted by Gasteiger charge is 2.38. The molecule has 5 rings (SSSR count). The van der Waals surface area contributed by atoms with E-state index >= 15 is 0 Å². The van der Waals surface area contributed by atoms with Crippen molar-refractivity contribution in [2.45, 2.75) is 5.54 Å². The van der Waals surface area contributed by atoms with E-state index in [-0.39, 0.29) is 5.69 Å². The first kappa shape index (κ1) is 19.5. The largest absolute Gasteiger partial charge is 0.477 e. The fourth-order valence-corrected chi connectivity index (χ4v) is 4.19. The van der Waals surface area contributed by atoms with Gasteiger partial charge >= 0.3 is 5.97 Å². The molecule has 0 spiro atoms. The van der Waals surface area contributed by atoms with E-state index in [4.69, 9.17) is 0 Å². The number of nitrogens with one attached hydrogen (secondary N) is 1. The van der Waals surface area contributed by atoms with Gasteiger partial charge in [0.2, 0.25) is 0 Å². The third kappa shape index (κ3) is 3.18. The van der Waals surface area contributed by atoms with Gasteiger partial charge in [0.25, 0.3) is 0 Å². The molecular formula is C26H20N4O2. The predicted octanol–water partition coefficient (Wildman–Crippen LogP) is 4.81. The summed E-state index contributed by atoms with van der Waals surface area (Å²) in [6.07, 6.45) is 3.69. The average Bonchev–Trinajstić information content (AvgIpc) is 3.52. The van der Waals surface area contributed by atoms with Crippen molar-refractivity contribution in [3.63, 3.8) is 0 Å². The second kappa shape index (κ2) is 8.00. The van der Waals surface area contributed by atoms with Crippen LogP contribution in [0, 0.1) is 0 Å². The minimum absolute atomic E-state index is 0.0231. The van der Waals surface area contributed by atoms with Crippen molar-refractivity contribution in [1.82, 2.24) is 19.7 Å². The molecule has 0 aliphatic carbocycles. The Morgan fingerprint density at radius 3 is 1.72 bits per heavy atom. The summed E-state index contributed by atoms with van der Waals surface area (Å²) in [6, 6.07) is 32.3. The van der Waals surface area contributed by atoms with Gasteiger partial charge in [-0.15, -0.1) is 0 Å². The molecule has 0 fully saturated rings.